The quantitative estimate of drug-likeness (QED) is 0.420. The van der Waals surface area contributed by atoms with Crippen LogP contribution in [0.15, 0.2) is 84.9 Å². The van der Waals surface area contributed by atoms with E-state index >= 15 is 0 Å². The fourth-order valence-electron chi connectivity index (χ4n) is 3.36. The summed E-state index contributed by atoms with van der Waals surface area (Å²) in [6.07, 6.45) is 3.56. The van der Waals surface area contributed by atoms with Crippen LogP contribution in [0.5, 0.6) is 5.75 Å². The van der Waals surface area contributed by atoms with Crippen molar-refractivity contribution < 1.29 is 14.6 Å². The second-order valence-corrected chi connectivity index (χ2v) is 6.99. The highest BCUT2D eigenvalue weighted by Gasteiger charge is 2.16. The molecule has 4 nitrogen and oxygen atoms in total. The standard InChI is InChI=1S/C26H21NO3/c1-18(23-10-3-4-11-24(23)26(28)29)30-22-9-6-7-19(17-22)13-15-21-16-14-20-8-2-5-12-25(20)27-21/h2-18H,1H3,(H,28,29)/b15-13+. The van der Waals surface area contributed by atoms with Crippen molar-refractivity contribution in [3.05, 3.63) is 107 Å². The Balaban J connectivity index is 1.52. The van der Waals surface area contributed by atoms with E-state index in [0.717, 1.165) is 22.2 Å². The average molecular weight is 395 g/mol. The highest BCUT2D eigenvalue weighted by atomic mass is 16.5. The Morgan fingerprint density at radius 1 is 0.933 bits per heavy atom. The first-order valence-electron chi connectivity index (χ1n) is 9.73. The fourth-order valence-corrected chi connectivity index (χ4v) is 3.36. The van der Waals surface area contributed by atoms with Crippen molar-refractivity contribution in [3.63, 3.8) is 0 Å². The number of ether oxygens (including phenoxy) is 1. The van der Waals surface area contributed by atoms with Gasteiger partial charge in [-0.15, -0.1) is 0 Å². The number of benzene rings is 3. The van der Waals surface area contributed by atoms with Gasteiger partial charge in [0.1, 0.15) is 11.9 Å². The number of rotatable bonds is 6. The summed E-state index contributed by atoms with van der Waals surface area (Å²) in [6.45, 7) is 1.85. The highest BCUT2D eigenvalue weighted by molar-refractivity contribution is 5.89. The zero-order valence-corrected chi connectivity index (χ0v) is 16.5. The second kappa shape index (κ2) is 8.62. The van der Waals surface area contributed by atoms with Crippen molar-refractivity contribution in [2.45, 2.75) is 13.0 Å². The summed E-state index contributed by atoms with van der Waals surface area (Å²) in [6, 6.07) is 26.7. The molecule has 0 saturated heterocycles. The van der Waals surface area contributed by atoms with Crippen LogP contribution in [-0.2, 0) is 0 Å². The maximum absolute atomic E-state index is 11.5. The normalized spacial score (nSPS) is 12.2. The molecule has 0 radical (unpaired) electrons. The van der Waals surface area contributed by atoms with Gasteiger partial charge in [-0.2, -0.15) is 0 Å². The summed E-state index contributed by atoms with van der Waals surface area (Å²) in [5.74, 6) is -0.281. The van der Waals surface area contributed by atoms with Gasteiger partial charge < -0.3 is 9.84 Å². The Morgan fingerprint density at radius 2 is 1.73 bits per heavy atom. The average Bonchev–Trinajstić information content (AvgIpc) is 2.77. The molecule has 0 saturated carbocycles. The third kappa shape index (κ3) is 4.39. The van der Waals surface area contributed by atoms with Crippen LogP contribution >= 0.6 is 0 Å². The Hall–Kier alpha value is -3.92. The summed E-state index contributed by atoms with van der Waals surface area (Å²) in [4.78, 5) is 16.1. The van der Waals surface area contributed by atoms with Gasteiger partial charge in [0.2, 0.25) is 0 Å². The molecule has 0 aliphatic carbocycles. The van der Waals surface area contributed by atoms with E-state index in [1.54, 1.807) is 18.2 Å². The third-order valence-electron chi connectivity index (χ3n) is 4.87. The maximum Gasteiger partial charge on any atom is 0.336 e. The molecule has 1 unspecified atom stereocenters. The molecule has 4 aromatic rings. The second-order valence-electron chi connectivity index (χ2n) is 6.99. The number of aromatic nitrogens is 1. The molecule has 0 bridgehead atoms. The van der Waals surface area contributed by atoms with Gasteiger partial charge in [-0.25, -0.2) is 9.78 Å². The van der Waals surface area contributed by atoms with Crippen LogP contribution in [0.4, 0.5) is 0 Å². The molecule has 0 fully saturated rings. The number of aromatic carboxylic acids is 1. The first-order valence-corrected chi connectivity index (χ1v) is 9.73. The van der Waals surface area contributed by atoms with Gasteiger partial charge in [-0.3, -0.25) is 0 Å². The predicted molar refractivity (Wildman–Crippen MR) is 120 cm³/mol. The Morgan fingerprint density at radius 3 is 2.60 bits per heavy atom. The van der Waals surface area contributed by atoms with Gasteiger partial charge in [-0.1, -0.05) is 60.7 Å². The summed E-state index contributed by atoms with van der Waals surface area (Å²) in [7, 11) is 0. The van der Waals surface area contributed by atoms with Crippen LogP contribution in [-0.4, -0.2) is 16.1 Å². The number of pyridine rings is 1. The Kier molecular flexibility index (Phi) is 5.57. The fraction of sp³-hybridized carbons (Fsp3) is 0.0769. The SMILES string of the molecule is CC(Oc1cccc(/C=C/c2ccc3ccccc3n2)c1)c1ccccc1C(=O)O. The van der Waals surface area contributed by atoms with Crippen molar-refractivity contribution in [2.75, 3.05) is 0 Å². The van der Waals surface area contributed by atoms with Crippen molar-refractivity contribution in [2.24, 2.45) is 0 Å². The van der Waals surface area contributed by atoms with Crippen LogP contribution < -0.4 is 4.74 Å². The molecule has 0 aliphatic heterocycles. The molecule has 4 rings (SSSR count). The smallest absolute Gasteiger partial charge is 0.336 e. The molecule has 0 amide bonds. The number of carboxylic acid groups (broad SMARTS) is 1. The summed E-state index contributed by atoms with van der Waals surface area (Å²) < 4.78 is 6.03. The first kappa shape index (κ1) is 19.4. The molecule has 0 aliphatic rings. The molecule has 4 heteroatoms. The van der Waals surface area contributed by atoms with Gasteiger partial charge in [0.25, 0.3) is 0 Å². The molecule has 1 N–H and O–H groups in total. The van der Waals surface area contributed by atoms with Gasteiger partial charge >= 0.3 is 5.97 Å². The van der Waals surface area contributed by atoms with Crippen molar-refractivity contribution in [1.82, 2.24) is 4.98 Å². The van der Waals surface area contributed by atoms with Crippen LogP contribution in [0, 0.1) is 0 Å². The van der Waals surface area contributed by atoms with E-state index in [4.69, 9.17) is 4.74 Å². The molecule has 1 aromatic heterocycles. The van der Waals surface area contributed by atoms with Crippen LogP contribution in [0.3, 0.4) is 0 Å². The molecular weight excluding hydrogens is 374 g/mol. The molecule has 1 atom stereocenters. The van der Waals surface area contributed by atoms with E-state index in [1.807, 2.05) is 79.7 Å². The molecule has 1 heterocycles. The largest absolute Gasteiger partial charge is 0.486 e. The van der Waals surface area contributed by atoms with Crippen LogP contribution in [0.1, 0.15) is 40.2 Å². The minimum Gasteiger partial charge on any atom is -0.486 e. The van der Waals surface area contributed by atoms with Crippen LogP contribution in [0.25, 0.3) is 23.1 Å². The van der Waals surface area contributed by atoms with E-state index in [-0.39, 0.29) is 5.56 Å². The Bertz CT molecular complexity index is 1230. The van der Waals surface area contributed by atoms with E-state index in [0.29, 0.717) is 11.3 Å². The zero-order valence-electron chi connectivity index (χ0n) is 16.5. The van der Waals surface area contributed by atoms with Crippen molar-refractivity contribution in [1.29, 1.82) is 0 Å². The lowest BCUT2D eigenvalue weighted by atomic mass is 10.0. The van der Waals surface area contributed by atoms with E-state index in [9.17, 15) is 9.90 Å². The number of hydrogen-bond donors (Lipinski definition) is 1. The summed E-state index contributed by atoms with van der Waals surface area (Å²) in [5, 5.41) is 10.5. The highest BCUT2D eigenvalue weighted by Crippen LogP contribution is 2.25. The van der Waals surface area contributed by atoms with Gasteiger partial charge in [-0.05, 0) is 48.9 Å². The zero-order chi connectivity index (χ0) is 20.9. The lowest BCUT2D eigenvalue weighted by Crippen LogP contribution is -2.09. The van der Waals surface area contributed by atoms with Crippen molar-refractivity contribution >= 4 is 29.0 Å². The number of carboxylic acids is 1. The van der Waals surface area contributed by atoms with E-state index < -0.39 is 12.1 Å². The predicted octanol–water partition coefficient (Wildman–Crippen LogP) is 6.24. The van der Waals surface area contributed by atoms with Crippen molar-refractivity contribution in [3.8, 4) is 5.75 Å². The topological polar surface area (TPSA) is 59.4 Å². The first-order chi connectivity index (χ1) is 14.6. The number of carbonyl (C=O) groups is 1. The molecular formula is C26H21NO3. The van der Waals surface area contributed by atoms with E-state index in [1.165, 1.54) is 0 Å². The lowest BCUT2D eigenvalue weighted by Gasteiger charge is -2.17. The summed E-state index contributed by atoms with van der Waals surface area (Å²) in [5.41, 5.74) is 3.71. The molecule has 148 valence electrons. The third-order valence-corrected chi connectivity index (χ3v) is 4.87. The minimum absolute atomic E-state index is 0.253. The number of para-hydroxylation sites is 1. The van der Waals surface area contributed by atoms with Gasteiger partial charge in [0.05, 0.1) is 16.8 Å². The van der Waals surface area contributed by atoms with Crippen LogP contribution in [0.2, 0.25) is 0 Å². The van der Waals surface area contributed by atoms with E-state index in [2.05, 4.69) is 11.1 Å². The molecule has 3 aromatic carbocycles. The monoisotopic (exact) mass is 395 g/mol. The molecule has 0 spiro atoms. The lowest BCUT2D eigenvalue weighted by molar-refractivity contribution is 0.0691. The maximum atomic E-state index is 11.5. The Labute approximate surface area is 175 Å². The van der Waals surface area contributed by atoms with Gasteiger partial charge in [0, 0.05) is 10.9 Å². The number of hydrogen-bond acceptors (Lipinski definition) is 3. The number of fused-ring (bicyclic) bond motifs is 1. The number of nitrogens with zero attached hydrogens (tertiary/aromatic N) is 1. The molecule has 30 heavy (non-hydrogen) atoms. The van der Waals surface area contributed by atoms with Gasteiger partial charge in [0.15, 0.2) is 0 Å². The minimum atomic E-state index is -0.958. The summed E-state index contributed by atoms with van der Waals surface area (Å²) >= 11 is 0.